The molecule has 2 saturated heterocycles. The molecule has 2 fully saturated rings. The number of carbonyl (C=O) groups is 1. The maximum absolute atomic E-state index is 12.4. The average Bonchev–Trinajstić information content (AvgIpc) is 2.61. The van der Waals surface area contributed by atoms with Crippen LogP contribution in [0.15, 0.2) is 24.5 Å². The zero-order chi connectivity index (χ0) is 16.1. The van der Waals surface area contributed by atoms with Crippen LogP contribution in [-0.4, -0.2) is 65.3 Å². The van der Waals surface area contributed by atoms with Gasteiger partial charge in [0.1, 0.15) is 0 Å². The van der Waals surface area contributed by atoms with E-state index < -0.39 is 5.60 Å². The molecule has 23 heavy (non-hydrogen) atoms. The van der Waals surface area contributed by atoms with Crippen molar-refractivity contribution >= 4 is 5.91 Å². The molecule has 1 unspecified atom stereocenters. The Kier molecular flexibility index (Phi) is 5.25. The molecule has 0 aliphatic carbocycles. The first kappa shape index (κ1) is 16.4. The maximum Gasteiger partial charge on any atom is 0.253 e. The molecule has 6 heteroatoms. The van der Waals surface area contributed by atoms with Crippen molar-refractivity contribution in [3.05, 3.63) is 30.1 Å². The minimum absolute atomic E-state index is 0.0842. The highest BCUT2D eigenvalue weighted by Gasteiger charge is 2.30. The summed E-state index contributed by atoms with van der Waals surface area (Å²) in [7, 11) is 0. The number of hydrogen-bond acceptors (Lipinski definition) is 5. The summed E-state index contributed by atoms with van der Waals surface area (Å²) in [6.07, 6.45) is 7.05. The van der Waals surface area contributed by atoms with Gasteiger partial charge < -0.3 is 20.6 Å². The van der Waals surface area contributed by atoms with E-state index in [0.717, 1.165) is 45.3 Å². The Morgan fingerprint density at radius 3 is 2.78 bits per heavy atom. The molecule has 126 valence electrons. The summed E-state index contributed by atoms with van der Waals surface area (Å²) in [6.45, 7) is 3.81. The predicted octanol–water partition coefficient (Wildman–Crippen LogP) is 0.390. The Morgan fingerprint density at radius 1 is 1.39 bits per heavy atom. The lowest BCUT2D eigenvalue weighted by Crippen LogP contribution is -2.55. The molecule has 0 radical (unpaired) electrons. The van der Waals surface area contributed by atoms with E-state index in [1.165, 1.54) is 0 Å². The summed E-state index contributed by atoms with van der Waals surface area (Å²) >= 11 is 0. The SMILES string of the molecule is O=C(c1ccncc1)N1CCC(NCC2(O)CCCNC2)CC1. The van der Waals surface area contributed by atoms with Crippen LogP contribution < -0.4 is 10.6 Å². The second kappa shape index (κ2) is 7.38. The van der Waals surface area contributed by atoms with E-state index in [9.17, 15) is 9.90 Å². The third kappa shape index (κ3) is 4.28. The highest BCUT2D eigenvalue weighted by molar-refractivity contribution is 5.94. The fourth-order valence-electron chi connectivity index (χ4n) is 3.40. The molecule has 3 heterocycles. The highest BCUT2D eigenvalue weighted by Crippen LogP contribution is 2.17. The van der Waals surface area contributed by atoms with Gasteiger partial charge in [0.15, 0.2) is 0 Å². The molecule has 3 N–H and O–H groups in total. The summed E-state index contributed by atoms with van der Waals surface area (Å²) in [5.74, 6) is 0.0842. The number of pyridine rings is 1. The van der Waals surface area contributed by atoms with Gasteiger partial charge in [-0.15, -0.1) is 0 Å². The Bertz CT molecular complexity index is 509. The molecule has 0 bridgehead atoms. The van der Waals surface area contributed by atoms with E-state index in [0.29, 0.717) is 24.7 Å². The zero-order valence-corrected chi connectivity index (χ0v) is 13.5. The number of amides is 1. The van der Waals surface area contributed by atoms with Crippen LogP contribution >= 0.6 is 0 Å². The quantitative estimate of drug-likeness (QED) is 0.749. The highest BCUT2D eigenvalue weighted by atomic mass is 16.3. The van der Waals surface area contributed by atoms with Gasteiger partial charge in [0.2, 0.25) is 0 Å². The van der Waals surface area contributed by atoms with Crippen LogP contribution in [0.3, 0.4) is 0 Å². The van der Waals surface area contributed by atoms with Gasteiger partial charge in [0.05, 0.1) is 5.60 Å². The fraction of sp³-hybridized carbons (Fsp3) is 0.647. The van der Waals surface area contributed by atoms with Crippen molar-refractivity contribution in [3.8, 4) is 0 Å². The topological polar surface area (TPSA) is 77.5 Å². The fourth-order valence-corrected chi connectivity index (χ4v) is 3.40. The van der Waals surface area contributed by atoms with Crippen molar-refractivity contribution in [2.24, 2.45) is 0 Å². The summed E-state index contributed by atoms with van der Waals surface area (Å²) in [5, 5.41) is 17.2. The van der Waals surface area contributed by atoms with Crippen LogP contribution in [0, 0.1) is 0 Å². The van der Waals surface area contributed by atoms with Gasteiger partial charge in [-0.25, -0.2) is 0 Å². The Morgan fingerprint density at radius 2 is 2.13 bits per heavy atom. The summed E-state index contributed by atoms with van der Waals surface area (Å²) in [5.41, 5.74) is 0.0800. The van der Waals surface area contributed by atoms with E-state index in [4.69, 9.17) is 0 Å². The third-order valence-corrected chi connectivity index (χ3v) is 4.88. The number of nitrogens with zero attached hydrogens (tertiary/aromatic N) is 2. The summed E-state index contributed by atoms with van der Waals surface area (Å²) in [6, 6.07) is 3.90. The maximum atomic E-state index is 12.4. The van der Waals surface area contributed by atoms with E-state index in [1.807, 2.05) is 4.90 Å². The molecule has 0 aromatic carbocycles. The largest absolute Gasteiger partial charge is 0.387 e. The lowest BCUT2D eigenvalue weighted by molar-refractivity contribution is 0.0125. The molecule has 0 spiro atoms. The van der Waals surface area contributed by atoms with Gasteiger partial charge in [-0.05, 0) is 44.4 Å². The smallest absolute Gasteiger partial charge is 0.253 e. The number of nitrogens with one attached hydrogen (secondary N) is 2. The van der Waals surface area contributed by atoms with E-state index in [1.54, 1.807) is 24.5 Å². The Labute approximate surface area is 137 Å². The molecule has 3 rings (SSSR count). The Balaban J connectivity index is 1.44. The molecule has 0 saturated carbocycles. The number of carbonyl (C=O) groups excluding carboxylic acids is 1. The lowest BCUT2D eigenvalue weighted by atomic mass is 9.93. The van der Waals surface area contributed by atoms with Crippen molar-refractivity contribution in [2.75, 3.05) is 32.7 Å². The van der Waals surface area contributed by atoms with E-state index >= 15 is 0 Å². The van der Waals surface area contributed by atoms with Crippen molar-refractivity contribution in [1.29, 1.82) is 0 Å². The summed E-state index contributed by atoms with van der Waals surface area (Å²) in [4.78, 5) is 18.2. The van der Waals surface area contributed by atoms with Gasteiger partial charge >= 0.3 is 0 Å². The number of likely N-dealkylation sites (tertiary alicyclic amines) is 1. The molecule has 1 aromatic rings. The minimum Gasteiger partial charge on any atom is -0.387 e. The second-order valence-corrected chi connectivity index (χ2v) is 6.69. The van der Waals surface area contributed by atoms with Crippen molar-refractivity contribution in [1.82, 2.24) is 20.5 Å². The molecule has 1 amide bonds. The summed E-state index contributed by atoms with van der Waals surface area (Å²) < 4.78 is 0. The molecular formula is C17H26N4O2. The van der Waals surface area contributed by atoms with E-state index in [-0.39, 0.29) is 5.91 Å². The van der Waals surface area contributed by atoms with E-state index in [2.05, 4.69) is 15.6 Å². The second-order valence-electron chi connectivity index (χ2n) is 6.69. The number of aromatic nitrogens is 1. The number of rotatable bonds is 4. The van der Waals surface area contributed by atoms with Crippen molar-refractivity contribution in [2.45, 2.75) is 37.3 Å². The van der Waals surface area contributed by atoms with Crippen LogP contribution in [0.2, 0.25) is 0 Å². The average molecular weight is 318 g/mol. The third-order valence-electron chi connectivity index (χ3n) is 4.88. The van der Waals surface area contributed by atoms with Gasteiger partial charge in [-0.2, -0.15) is 0 Å². The van der Waals surface area contributed by atoms with Crippen LogP contribution in [0.1, 0.15) is 36.0 Å². The zero-order valence-electron chi connectivity index (χ0n) is 13.5. The monoisotopic (exact) mass is 318 g/mol. The Hall–Kier alpha value is -1.50. The van der Waals surface area contributed by atoms with Crippen LogP contribution in [0.4, 0.5) is 0 Å². The number of hydrogen-bond donors (Lipinski definition) is 3. The minimum atomic E-state index is -0.623. The molecule has 2 aliphatic heterocycles. The molecule has 2 aliphatic rings. The molecule has 1 atom stereocenters. The van der Waals surface area contributed by atoms with Crippen LogP contribution in [0.25, 0.3) is 0 Å². The first-order valence-electron chi connectivity index (χ1n) is 8.52. The van der Waals surface area contributed by atoms with Crippen LogP contribution in [0.5, 0.6) is 0 Å². The number of piperidine rings is 2. The molecule has 1 aromatic heterocycles. The first-order chi connectivity index (χ1) is 11.2. The van der Waals surface area contributed by atoms with Crippen molar-refractivity contribution in [3.63, 3.8) is 0 Å². The molecular weight excluding hydrogens is 292 g/mol. The van der Waals surface area contributed by atoms with Gasteiger partial charge in [0.25, 0.3) is 5.91 Å². The lowest BCUT2D eigenvalue weighted by Gasteiger charge is -2.37. The number of β-amino-alcohol motifs (C(OH)–C–C–N with tert-alkyl or cyclic N) is 1. The normalized spacial score (nSPS) is 26.2. The van der Waals surface area contributed by atoms with Gasteiger partial charge in [-0.3, -0.25) is 9.78 Å². The standard InChI is InChI=1S/C17H26N4O2/c22-16(14-2-8-18-9-3-14)21-10-4-15(5-11-21)20-13-17(23)6-1-7-19-12-17/h2-3,8-9,15,19-20,23H,1,4-7,10-13H2. The predicted molar refractivity (Wildman–Crippen MR) is 88.2 cm³/mol. The number of aliphatic hydroxyl groups is 1. The molecule has 6 nitrogen and oxygen atoms in total. The van der Waals surface area contributed by atoms with Crippen molar-refractivity contribution < 1.29 is 9.90 Å². The van der Waals surface area contributed by atoms with Gasteiger partial charge in [0, 0.05) is 50.2 Å². The first-order valence-corrected chi connectivity index (χ1v) is 8.52. The van der Waals surface area contributed by atoms with Crippen LogP contribution in [-0.2, 0) is 0 Å². The van der Waals surface area contributed by atoms with Gasteiger partial charge in [-0.1, -0.05) is 0 Å².